The van der Waals surface area contributed by atoms with E-state index in [1.165, 1.54) is 24.3 Å². The van der Waals surface area contributed by atoms with Crippen molar-refractivity contribution in [3.05, 3.63) is 63.0 Å². The van der Waals surface area contributed by atoms with E-state index >= 15 is 0 Å². The first-order chi connectivity index (χ1) is 9.88. The van der Waals surface area contributed by atoms with Crippen LogP contribution >= 0.6 is 0 Å². The number of nitrogens with one attached hydrogen (secondary N) is 1. The zero-order chi connectivity index (χ0) is 15.6. The minimum atomic E-state index is -0.527. The van der Waals surface area contributed by atoms with Crippen molar-refractivity contribution in [2.45, 2.75) is 20.8 Å². The molecule has 108 valence electrons. The van der Waals surface area contributed by atoms with Crippen LogP contribution in [0.5, 0.6) is 0 Å². The topological polar surface area (TPSA) is 85.1 Å². The van der Waals surface area contributed by atoms with Crippen LogP contribution < -0.4 is 5.32 Å². The second kappa shape index (κ2) is 5.70. The number of nitrogens with zero attached hydrogens (tertiary/aromatic N) is 2. The molecule has 2 rings (SSSR count). The first-order valence-corrected chi connectivity index (χ1v) is 6.39. The molecule has 0 saturated heterocycles. The lowest BCUT2D eigenvalue weighted by Crippen LogP contribution is -2.14. The molecule has 1 aromatic heterocycles. The second-order valence-electron chi connectivity index (χ2n) is 4.80. The van der Waals surface area contributed by atoms with Gasteiger partial charge in [0.2, 0.25) is 0 Å². The van der Waals surface area contributed by atoms with Gasteiger partial charge in [0.05, 0.1) is 16.3 Å². The van der Waals surface area contributed by atoms with Gasteiger partial charge in [-0.1, -0.05) is 6.07 Å². The van der Waals surface area contributed by atoms with Crippen LogP contribution in [0.1, 0.15) is 27.3 Å². The van der Waals surface area contributed by atoms with Gasteiger partial charge in [-0.3, -0.25) is 19.9 Å². The quantitative estimate of drug-likeness (QED) is 0.693. The SMILES string of the molecule is Cc1cc(C)c(NC(=O)c2cccc([N+](=O)[O-])c2)c(C)n1. The third-order valence-electron chi connectivity index (χ3n) is 3.08. The second-order valence-corrected chi connectivity index (χ2v) is 4.80. The number of hydrogen-bond donors (Lipinski definition) is 1. The number of non-ortho nitro benzene ring substituents is 1. The monoisotopic (exact) mass is 285 g/mol. The summed E-state index contributed by atoms with van der Waals surface area (Å²) in [7, 11) is 0. The number of hydrogen-bond acceptors (Lipinski definition) is 4. The van der Waals surface area contributed by atoms with Crippen LogP contribution in [-0.2, 0) is 0 Å². The normalized spacial score (nSPS) is 10.2. The summed E-state index contributed by atoms with van der Waals surface area (Å²) in [6, 6.07) is 7.49. The van der Waals surface area contributed by atoms with E-state index in [2.05, 4.69) is 10.3 Å². The summed E-state index contributed by atoms with van der Waals surface area (Å²) in [4.78, 5) is 26.7. The predicted octanol–water partition coefficient (Wildman–Crippen LogP) is 3.17. The van der Waals surface area contributed by atoms with Crippen molar-refractivity contribution >= 4 is 17.3 Å². The molecule has 21 heavy (non-hydrogen) atoms. The molecule has 0 bridgehead atoms. The van der Waals surface area contributed by atoms with Gasteiger partial charge in [-0.15, -0.1) is 0 Å². The molecule has 6 heteroatoms. The first-order valence-electron chi connectivity index (χ1n) is 6.39. The summed E-state index contributed by atoms with van der Waals surface area (Å²) in [5.41, 5.74) is 3.25. The summed E-state index contributed by atoms with van der Waals surface area (Å²) < 4.78 is 0. The highest BCUT2D eigenvalue weighted by Crippen LogP contribution is 2.21. The highest BCUT2D eigenvalue weighted by molar-refractivity contribution is 6.05. The lowest BCUT2D eigenvalue weighted by Gasteiger charge is -2.12. The van der Waals surface area contributed by atoms with Crippen LogP contribution in [0.3, 0.4) is 0 Å². The molecule has 0 aliphatic rings. The van der Waals surface area contributed by atoms with Crippen LogP contribution in [0.15, 0.2) is 30.3 Å². The zero-order valence-corrected chi connectivity index (χ0v) is 12.0. The van der Waals surface area contributed by atoms with Gasteiger partial charge in [-0.05, 0) is 38.5 Å². The van der Waals surface area contributed by atoms with Gasteiger partial charge in [0, 0.05) is 23.4 Å². The molecular formula is C15H15N3O3. The number of rotatable bonds is 3. The van der Waals surface area contributed by atoms with Gasteiger partial charge in [0.25, 0.3) is 11.6 Å². The van der Waals surface area contributed by atoms with Crippen molar-refractivity contribution in [1.29, 1.82) is 0 Å². The number of amides is 1. The fraction of sp³-hybridized carbons (Fsp3) is 0.200. The van der Waals surface area contributed by atoms with Gasteiger partial charge in [0.15, 0.2) is 0 Å². The van der Waals surface area contributed by atoms with Crippen molar-refractivity contribution < 1.29 is 9.72 Å². The molecule has 1 amide bonds. The van der Waals surface area contributed by atoms with Gasteiger partial charge in [0.1, 0.15) is 0 Å². The molecular weight excluding hydrogens is 270 g/mol. The maximum absolute atomic E-state index is 12.2. The minimum absolute atomic E-state index is 0.113. The Bertz CT molecular complexity index is 703. The minimum Gasteiger partial charge on any atom is -0.320 e. The average molecular weight is 285 g/mol. The van der Waals surface area contributed by atoms with E-state index in [1.807, 2.05) is 26.8 Å². The van der Waals surface area contributed by atoms with Crippen molar-refractivity contribution in [1.82, 2.24) is 4.98 Å². The van der Waals surface area contributed by atoms with Crippen LogP contribution in [0, 0.1) is 30.9 Å². The van der Waals surface area contributed by atoms with E-state index in [9.17, 15) is 14.9 Å². The molecule has 2 aromatic rings. The van der Waals surface area contributed by atoms with Crippen molar-refractivity contribution in [2.24, 2.45) is 0 Å². The number of nitro groups is 1. The Kier molecular flexibility index (Phi) is 3.98. The lowest BCUT2D eigenvalue weighted by atomic mass is 10.1. The molecule has 0 atom stereocenters. The van der Waals surface area contributed by atoms with Crippen LogP contribution in [0.4, 0.5) is 11.4 Å². The van der Waals surface area contributed by atoms with Gasteiger partial charge < -0.3 is 5.32 Å². The Morgan fingerprint density at radius 3 is 2.57 bits per heavy atom. The van der Waals surface area contributed by atoms with Crippen LogP contribution in [0.2, 0.25) is 0 Å². The Hall–Kier alpha value is -2.76. The molecule has 1 aromatic carbocycles. The van der Waals surface area contributed by atoms with E-state index in [-0.39, 0.29) is 11.3 Å². The largest absolute Gasteiger partial charge is 0.320 e. The summed E-state index contributed by atoms with van der Waals surface area (Å²) in [6.45, 7) is 5.57. The molecule has 0 aliphatic heterocycles. The number of carbonyl (C=O) groups is 1. The molecule has 0 radical (unpaired) electrons. The van der Waals surface area contributed by atoms with E-state index in [1.54, 1.807) is 0 Å². The van der Waals surface area contributed by atoms with Crippen molar-refractivity contribution in [3.8, 4) is 0 Å². The molecule has 0 spiro atoms. The van der Waals surface area contributed by atoms with Crippen LogP contribution in [0.25, 0.3) is 0 Å². The van der Waals surface area contributed by atoms with E-state index in [0.29, 0.717) is 11.4 Å². The molecule has 1 N–H and O–H groups in total. The molecule has 0 saturated carbocycles. The summed E-state index contributed by atoms with van der Waals surface area (Å²) in [6.07, 6.45) is 0. The zero-order valence-electron chi connectivity index (χ0n) is 12.0. The molecule has 6 nitrogen and oxygen atoms in total. The van der Waals surface area contributed by atoms with Gasteiger partial charge >= 0.3 is 0 Å². The van der Waals surface area contributed by atoms with Crippen molar-refractivity contribution in [3.63, 3.8) is 0 Å². The van der Waals surface area contributed by atoms with Crippen LogP contribution in [-0.4, -0.2) is 15.8 Å². The first kappa shape index (κ1) is 14.6. The number of aromatic nitrogens is 1. The highest BCUT2D eigenvalue weighted by atomic mass is 16.6. The summed E-state index contributed by atoms with van der Waals surface area (Å²) >= 11 is 0. The Morgan fingerprint density at radius 2 is 1.95 bits per heavy atom. The Morgan fingerprint density at radius 1 is 1.24 bits per heavy atom. The average Bonchev–Trinajstić information content (AvgIpc) is 2.42. The number of nitro benzene ring substituents is 1. The maximum atomic E-state index is 12.2. The highest BCUT2D eigenvalue weighted by Gasteiger charge is 2.14. The third kappa shape index (κ3) is 3.22. The molecule has 0 fully saturated rings. The summed E-state index contributed by atoms with van der Waals surface area (Å²) in [5.74, 6) is -0.393. The van der Waals surface area contributed by atoms with E-state index in [4.69, 9.17) is 0 Å². The predicted molar refractivity (Wildman–Crippen MR) is 79.5 cm³/mol. The fourth-order valence-corrected chi connectivity index (χ4v) is 2.16. The Balaban J connectivity index is 2.30. The number of aryl methyl sites for hydroxylation is 3. The molecule has 0 unspecified atom stereocenters. The van der Waals surface area contributed by atoms with Gasteiger partial charge in [-0.2, -0.15) is 0 Å². The smallest absolute Gasteiger partial charge is 0.270 e. The maximum Gasteiger partial charge on any atom is 0.270 e. The summed E-state index contributed by atoms with van der Waals surface area (Å²) in [5, 5.41) is 13.5. The Labute approximate surface area is 122 Å². The molecule has 1 heterocycles. The molecule has 0 aliphatic carbocycles. The van der Waals surface area contributed by atoms with E-state index in [0.717, 1.165) is 11.3 Å². The standard InChI is InChI=1S/C15H15N3O3/c1-9-7-10(2)16-11(3)14(9)17-15(19)12-5-4-6-13(8-12)18(20)21/h4-8H,1-3H3,(H,17,19). The fourth-order valence-electron chi connectivity index (χ4n) is 2.16. The van der Waals surface area contributed by atoms with E-state index < -0.39 is 10.8 Å². The number of anilines is 1. The number of carbonyl (C=O) groups excluding carboxylic acids is 1. The number of pyridine rings is 1. The van der Waals surface area contributed by atoms with Gasteiger partial charge in [-0.25, -0.2) is 0 Å². The van der Waals surface area contributed by atoms with Crippen molar-refractivity contribution in [2.75, 3.05) is 5.32 Å². The number of benzene rings is 1. The lowest BCUT2D eigenvalue weighted by molar-refractivity contribution is -0.384. The third-order valence-corrected chi connectivity index (χ3v) is 3.08.